The molecule has 4 rings (SSSR count). The molecule has 2 amide bonds. The Morgan fingerprint density at radius 2 is 1.82 bits per heavy atom. The quantitative estimate of drug-likeness (QED) is 0.331. The normalized spacial score (nSPS) is 12.2. The predicted molar refractivity (Wildman–Crippen MR) is 143 cm³/mol. The highest BCUT2D eigenvalue weighted by Gasteiger charge is 2.36. The number of carbonyl (C=O) groups is 2. The van der Waals surface area contributed by atoms with E-state index in [1.165, 1.54) is 21.7 Å². The number of rotatable bonds is 10. The highest BCUT2D eigenvalue weighted by atomic mass is 19.1. The second-order valence-electron chi connectivity index (χ2n) is 9.76. The minimum absolute atomic E-state index is 0.0433. The molecule has 1 atom stereocenters. The van der Waals surface area contributed by atoms with E-state index in [-0.39, 0.29) is 18.7 Å². The zero-order valence-electron chi connectivity index (χ0n) is 22.0. The van der Waals surface area contributed by atoms with Crippen LogP contribution < -0.4 is 10.1 Å². The van der Waals surface area contributed by atoms with Gasteiger partial charge in [-0.05, 0) is 56.2 Å². The van der Waals surface area contributed by atoms with Crippen LogP contribution in [0.3, 0.4) is 0 Å². The molecule has 0 radical (unpaired) electrons. The highest BCUT2D eigenvalue weighted by Crippen LogP contribution is 2.28. The van der Waals surface area contributed by atoms with Gasteiger partial charge in [-0.1, -0.05) is 54.6 Å². The maximum absolute atomic E-state index is 15.2. The van der Waals surface area contributed by atoms with Crippen molar-refractivity contribution >= 4 is 22.8 Å². The molecular weight excluding hydrogens is 485 g/mol. The predicted octanol–water partition coefficient (Wildman–Crippen LogP) is 4.65. The molecule has 0 unspecified atom stereocenters. The van der Waals surface area contributed by atoms with Crippen molar-refractivity contribution in [3.8, 4) is 5.75 Å². The van der Waals surface area contributed by atoms with E-state index in [1.54, 1.807) is 43.5 Å². The summed E-state index contributed by atoms with van der Waals surface area (Å²) >= 11 is 0. The number of fused-ring (bicyclic) bond motifs is 1. The van der Waals surface area contributed by atoms with Crippen molar-refractivity contribution < 1.29 is 18.7 Å². The molecule has 198 valence electrons. The van der Waals surface area contributed by atoms with Crippen LogP contribution in [0.4, 0.5) is 4.39 Å². The summed E-state index contributed by atoms with van der Waals surface area (Å²) in [5, 5.41) is 11.3. The van der Waals surface area contributed by atoms with E-state index < -0.39 is 29.2 Å². The van der Waals surface area contributed by atoms with Crippen LogP contribution in [0.15, 0.2) is 72.8 Å². The van der Waals surface area contributed by atoms with Crippen LogP contribution in [0.1, 0.15) is 44.4 Å². The SMILES string of the molecule is CCC(C)(C)NC(=O)[C@H](c1ccccc1F)N(Cc1cccc(OC)c1)C(=O)Cn1nnc2ccccc21. The largest absolute Gasteiger partial charge is 0.497 e. The molecule has 0 aliphatic heterocycles. The topological polar surface area (TPSA) is 89.4 Å². The van der Waals surface area contributed by atoms with Gasteiger partial charge in [-0.2, -0.15) is 0 Å². The smallest absolute Gasteiger partial charge is 0.247 e. The molecular formula is C29H32FN5O3. The molecule has 0 fully saturated rings. The van der Waals surface area contributed by atoms with Crippen LogP contribution in [0.2, 0.25) is 0 Å². The first kappa shape index (κ1) is 26.8. The first-order chi connectivity index (χ1) is 18.2. The molecule has 0 bridgehead atoms. The third-order valence-corrected chi connectivity index (χ3v) is 6.62. The van der Waals surface area contributed by atoms with Crippen LogP contribution in [0.25, 0.3) is 11.0 Å². The summed E-state index contributed by atoms with van der Waals surface area (Å²) in [6, 6.07) is 19.3. The van der Waals surface area contributed by atoms with Crippen molar-refractivity contribution in [2.75, 3.05) is 7.11 Å². The highest BCUT2D eigenvalue weighted by molar-refractivity contribution is 5.89. The molecule has 4 aromatic rings. The molecule has 1 N–H and O–H groups in total. The van der Waals surface area contributed by atoms with Gasteiger partial charge < -0.3 is 15.0 Å². The maximum Gasteiger partial charge on any atom is 0.247 e. The van der Waals surface area contributed by atoms with Crippen molar-refractivity contribution in [1.29, 1.82) is 0 Å². The van der Waals surface area contributed by atoms with Crippen LogP contribution >= 0.6 is 0 Å². The molecule has 0 saturated heterocycles. The number of nitrogens with zero attached hydrogens (tertiary/aromatic N) is 4. The van der Waals surface area contributed by atoms with Crippen molar-refractivity contribution in [1.82, 2.24) is 25.2 Å². The minimum atomic E-state index is -1.23. The van der Waals surface area contributed by atoms with Crippen LogP contribution in [0.5, 0.6) is 5.75 Å². The number of hydrogen-bond donors (Lipinski definition) is 1. The molecule has 1 heterocycles. The van der Waals surface area contributed by atoms with Crippen molar-refractivity contribution in [3.63, 3.8) is 0 Å². The van der Waals surface area contributed by atoms with Crippen LogP contribution in [-0.2, 0) is 22.7 Å². The first-order valence-corrected chi connectivity index (χ1v) is 12.5. The van der Waals surface area contributed by atoms with Crippen molar-refractivity contribution in [2.24, 2.45) is 0 Å². The number of benzene rings is 3. The van der Waals surface area contributed by atoms with E-state index in [0.29, 0.717) is 23.2 Å². The zero-order chi connectivity index (χ0) is 27.3. The van der Waals surface area contributed by atoms with Crippen LogP contribution in [0, 0.1) is 5.82 Å². The summed E-state index contributed by atoms with van der Waals surface area (Å²) < 4.78 is 22.1. The molecule has 8 nitrogen and oxygen atoms in total. The fourth-order valence-corrected chi connectivity index (χ4v) is 4.18. The van der Waals surface area contributed by atoms with E-state index in [4.69, 9.17) is 4.74 Å². The van der Waals surface area contributed by atoms with Crippen LogP contribution in [-0.4, -0.2) is 44.4 Å². The summed E-state index contributed by atoms with van der Waals surface area (Å²) in [4.78, 5) is 29.2. The van der Waals surface area contributed by atoms with E-state index in [9.17, 15) is 9.59 Å². The van der Waals surface area contributed by atoms with Gasteiger partial charge in [-0.15, -0.1) is 5.10 Å². The molecule has 38 heavy (non-hydrogen) atoms. The molecule has 0 spiro atoms. The van der Waals surface area contributed by atoms with Gasteiger partial charge in [0.05, 0.1) is 12.6 Å². The lowest BCUT2D eigenvalue weighted by Gasteiger charge is -2.35. The second-order valence-corrected chi connectivity index (χ2v) is 9.76. The standard InChI is InChI=1S/C29H32FN5O3/c1-5-29(2,3)31-28(37)27(22-13-6-7-14-23(22)30)34(18-20-11-10-12-21(17-20)38-4)26(36)19-35-25-16-9-8-15-24(25)32-33-35/h6-17,27H,5,18-19H2,1-4H3,(H,31,37)/t27-/m0/s1. The lowest BCUT2D eigenvalue weighted by atomic mass is 9.98. The lowest BCUT2D eigenvalue weighted by molar-refractivity contribution is -0.143. The average Bonchev–Trinajstić information content (AvgIpc) is 3.31. The third kappa shape index (κ3) is 5.99. The Balaban J connectivity index is 1.79. The van der Waals surface area contributed by atoms with Crippen molar-refractivity contribution in [2.45, 2.75) is 51.9 Å². The van der Waals surface area contributed by atoms with Gasteiger partial charge in [0.2, 0.25) is 11.8 Å². The van der Waals surface area contributed by atoms with Gasteiger partial charge in [-0.25, -0.2) is 9.07 Å². The van der Waals surface area contributed by atoms with Gasteiger partial charge in [0.15, 0.2) is 0 Å². The summed E-state index contributed by atoms with van der Waals surface area (Å²) in [6.45, 7) is 5.59. The average molecular weight is 518 g/mol. The Kier molecular flexibility index (Phi) is 8.05. The zero-order valence-corrected chi connectivity index (χ0v) is 22.0. The maximum atomic E-state index is 15.2. The number of para-hydroxylation sites is 1. The molecule has 1 aromatic heterocycles. The van der Waals surface area contributed by atoms with Gasteiger partial charge in [-0.3, -0.25) is 9.59 Å². The van der Waals surface area contributed by atoms with E-state index in [0.717, 1.165) is 5.56 Å². The number of amides is 2. The molecule has 0 saturated carbocycles. The molecule has 3 aromatic carbocycles. The third-order valence-electron chi connectivity index (χ3n) is 6.62. The number of aromatic nitrogens is 3. The Labute approximate surface area is 221 Å². The number of halogens is 1. The fraction of sp³-hybridized carbons (Fsp3) is 0.310. The monoisotopic (exact) mass is 517 g/mol. The summed E-state index contributed by atoms with van der Waals surface area (Å²) in [5.74, 6) is -0.851. The Hall–Kier alpha value is -4.27. The molecule has 0 aliphatic rings. The van der Waals surface area contributed by atoms with E-state index in [2.05, 4.69) is 15.6 Å². The molecule has 9 heteroatoms. The number of methoxy groups -OCH3 is 1. The number of hydrogen-bond acceptors (Lipinski definition) is 5. The number of carbonyl (C=O) groups excluding carboxylic acids is 2. The number of nitrogens with one attached hydrogen (secondary N) is 1. The lowest BCUT2D eigenvalue weighted by Crippen LogP contribution is -2.50. The van der Waals surface area contributed by atoms with E-state index >= 15 is 4.39 Å². The summed E-state index contributed by atoms with van der Waals surface area (Å²) in [7, 11) is 1.56. The number of ether oxygens (including phenoxy) is 1. The van der Waals surface area contributed by atoms with Gasteiger partial charge in [0.25, 0.3) is 0 Å². The fourth-order valence-electron chi connectivity index (χ4n) is 4.18. The Bertz CT molecular complexity index is 1430. The Morgan fingerprint density at radius 3 is 2.55 bits per heavy atom. The van der Waals surface area contributed by atoms with Gasteiger partial charge in [0.1, 0.15) is 29.7 Å². The Morgan fingerprint density at radius 1 is 1.08 bits per heavy atom. The molecule has 0 aliphatic carbocycles. The first-order valence-electron chi connectivity index (χ1n) is 12.5. The summed E-state index contributed by atoms with van der Waals surface area (Å²) in [6.07, 6.45) is 0.650. The van der Waals surface area contributed by atoms with Gasteiger partial charge in [0, 0.05) is 17.6 Å². The van der Waals surface area contributed by atoms with Gasteiger partial charge >= 0.3 is 0 Å². The van der Waals surface area contributed by atoms with Crippen molar-refractivity contribution in [3.05, 3.63) is 89.7 Å². The second kappa shape index (κ2) is 11.4. The van der Waals surface area contributed by atoms with E-state index in [1.807, 2.05) is 45.0 Å². The minimum Gasteiger partial charge on any atom is -0.497 e. The summed E-state index contributed by atoms with van der Waals surface area (Å²) in [5.41, 5.74) is 1.60.